The minimum Gasteiger partial charge on any atom is -0.461 e. The van der Waals surface area contributed by atoms with Gasteiger partial charge in [-0.2, -0.15) is 0 Å². The van der Waals surface area contributed by atoms with Gasteiger partial charge in [0, 0.05) is 42.8 Å². The summed E-state index contributed by atoms with van der Waals surface area (Å²) >= 11 is 5.33. The highest BCUT2D eigenvalue weighted by molar-refractivity contribution is 9.09. The van der Waals surface area contributed by atoms with Gasteiger partial charge < -0.3 is 24.4 Å². The van der Waals surface area contributed by atoms with Crippen molar-refractivity contribution in [1.29, 1.82) is 0 Å². The van der Waals surface area contributed by atoms with Crippen LogP contribution in [0.25, 0.3) is 0 Å². The van der Waals surface area contributed by atoms with Crippen molar-refractivity contribution in [2.75, 3.05) is 59.2 Å². The molecule has 4 aliphatic heterocycles. The minimum atomic E-state index is -0.779. The molecule has 4 saturated heterocycles. The lowest BCUT2D eigenvalue weighted by atomic mass is 9.71. The first-order valence-electron chi connectivity index (χ1n) is 13.1. The van der Waals surface area contributed by atoms with E-state index in [-0.39, 0.29) is 35.1 Å². The van der Waals surface area contributed by atoms with Gasteiger partial charge in [-0.1, -0.05) is 41.6 Å². The van der Waals surface area contributed by atoms with Gasteiger partial charge in [0.2, 0.25) is 11.8 Å². The molecule has 2 amide bonds. The quantitative estimate of drug-likeness (QED) is 0.204. The van der Waals surface area contributed by atoms with E-state index in [0.29, 0.717) is 45.7 Å². The highest BCUT2D eigenvalue weighted by atomic mass is 79.9. The number of nitrogens with zero attached hydrogens (tertiary/aromatic N) is 3. The van der Waals surface area contributed by atoms with Crippen molar-refractivity contribution in [3.63, 3.8) is 0 Å². The fraction of sp³-hybridized carbons (Fsp3) is 0.731. The van der Waals surface area contributed by atoms with Crippen molar-refractivity contribution >= 4 is 45.5 Å². The molecule has 3 unspecified atom stereocenters. The van der Waals surface area contributed by atoms with Crippen LogP contribution in [0.15, 0.2) is 25.3 Å². The number of aliphatic hydroxyl groups is 1. The van der Waals surface area contributed by atoms with Gasteiger partial charge in [-0.05, 0) is 12.8 Å². The fourth-order valence-corrected chi connectivity index (χ4v) is 9.95. The Kier molecular flexibility index (Phi) is 9.43. The highest BCUT2D eigenvalue weighted by Crippen LogP contribution is 2.68. The van der Waals surface area contributed by atoms with Crippen LogP contribution < -0.4 is 0 Å². The molecule has 0 aromatic carbocycles. The predicted molar refractivity (Wildman–Crippen MR) is 145 cm³/mol. The lowest BCUT2D eigenvalue weighted by Crippen LogP contribution is -2.58. The number of ether oxygens (including phenoxy) is 2. The number of carbonyl (C=O) groups is 3. The Morgan fingerprint density at radius 1 is 1.35 bits per heavy atom. The standard InChI is InChI=1S/C26H38BrN3O6S/c1-4-7-29(9-8-28-10-13-35-14-11-28)24(33)22-26-15-18(27)21(37-26)19(25(34)36-12-5-2)20(26)23(32)30(22)17(6-3)16-31/h4-5,17-22,31H,1-2,6-16H2,3H3/t17-,18?,19+,20-,21+,22?,26?/m0/s1. The van der Waals surface area contributed by atoms with E-state index in [2.05, 4.69) is 34.0 Å². The molecule has 2 bridgehead atoms. The second-order valence-corrected chi connectivity index (χ2v) is 12.8. The molecule has 0 aromatic heterocycles. The Bertz CT molecular complexity index is 898. The average molecular weight is 601 g/mol. The topological polar surface area (TPSA) is 99.6 Å². The number of alkyl halides is 1. The number of hydrogen-bond donors (Lipinski definition) is 1. The van der Waals surface area contributed by atoms with Crippen LogP contribution in [0.5, 0.6) is 0 Å². The molecule has 0 saturated carbocycles. The van der Waals surface area contributed by atoms with Gasteiger partial charge in [-0.25, -0.2) is 0 Å². The first-order chi connectivity index (χ1) is 17.8. The first-order valence-corrected chi connectivity index (χ1v) is 14.9. The van der Waals surface area contributed by atoms with Gasteiger partial charge in [0.05, 0.1) is 42.4 Å². The number of halogens is 1. The minimum absolute atomic E-state index is 0.0338. The molecular weight excluding hydrogens is 562 g/mol. The molecule has 0 aromatic rings. The van der Waals surface area contributed by atoms with Crippen LogP contribution in [0.2, 0.25) is 0 Å². The molecule has 37 heavy (non-hydrogen) atoms. The summed E-state index contributed by atoms with van der Waals surface area (Å²) in [4.78, 5) is 47.2. The molecule has 1 N–H and O–H groups in total. The van der Waals surface area contributed by atoms with Crippen molar-refractivity contribution < 1.29 is 29.0 Å². The lowest BCUT2D eigenvalue weighted by Gasteiger charge is -2.40. The normalized spacial score (nSPS) is 33.8. The van der Waals surface area contributed by atoms with Crippen LogP contribution in [0, 0.1) is 11.8 Å². The number of rotatable bonds is 12. The smallest absolute Gasteiger partial charge is 0.311 e. The number of hydrogen-bond acceptors (Lipinski definition) is 8. The molecule has 1 spiro atoms. The summed E-state index contributed by atoms with van der Waals surface area (Å²) in [5.74, 6) is -2.15. The number of carbonyl (C=O) groups excluding carboxylic acids is 3. The summed E-state index contributed by atoms with van der Waals surface area (Å²) in [6.45, 7) is 13.7. The Balaban J connectivity index is 1.68. The molecule has 4 rings (SSSR count). The summed E-state index contributed by atoms with van der Waals surface area (Å²) in [5, 5.41) is 10.1. The van der Waals surface area contributed by atoms with Gasteiger partial charge in [0.1, 0.15) is 12.6 Å². The molecule has 0 radical (unpaired) electrons. The SMILES string of the molecule is C=CCOC(=O)[C@H]1[C@@H]2SC3(CC2Br)C(C(=O)N(CC=C)CCN2CCOCC2)N([C@@H](CC)CO)C(=O)[C@H]13. The van der Waals surface area contributed by atoms with Crippen LogP contribution in [0.1, 0.15) is 19.8 Å². The van der Waals surface area contributed by atoms with E-state index < -0.39 is 34.6 Å². The number of likely N-dealkylation sites (tertiary alicyclic amines) is 1. The van der Waals surface area contributed by atoms with Crippen LogP contribution >= 0.6 is 27.7 Å². The van der Waals surface area contributed by atoms with E-state index in [0.717, 1.165) is 13.1 Å². The van der Waals surface area contributed by atoms with E-state index in [1.165, 1.54) is 6.08 Å². The number of aliphatic hydroxyl groups excluding tert-OH is 1. The van der Waals surface area contributed by atoms with Crippen molar-refractivity contribution in [2.45, 2.75) is 46.7 Å². The summed E-state index contributed by atoms with van der Waals surface area (Å²) in [6.07, 6.45) is 4.31. The first kappa shape index (κ1) is 28.6. The zero-order valence-corrected chi connectivity index (χ0v) is 23.8. The molecular formula is C26H38BrN3O6S. The maximum absolute atomic E-state index is 14.4. The second kappa shape index (κ2) is 12.2. The molecule has 4 aliphatic rings. The maximum Gasteiger partial charge on any atom is 0.311 e. The third-order valence-electron chi connectivity index (χ3n) is 8.10. The molecule has 4 fully saturated rings. The van der Waals surface area contributed by atoms with E-state index in [1.54, 1.807) is 27.6 Å². The fourth-order valence-electron chi connectivity index (χ4n) is 6.37. The molecule has 11 heteroatoms. The van der Waals surface area contributed by atoms with Crippen LogP contribution in [0.4, 0.5) is 0 Å². The molecule has 9 nitrogen and oxygen atoms in total. The molecule has 7 atom stereocenters. The Hall–Kier alpha value is -1.40. The number of morpholine rings is 1. The summed E-state index contributed by atoms with van der Waals surface area (Å²) in [6, 6.07) is -1.29. The van der Waals surface area contributed by atoms with Crippen molar-refractivity contribution in [3.05, 3.63) is 25.3 Å². The summed E-state index contributed by atoms with van der Waals surface area (Å²) < 4.78 is 10.1. The third-order valence-corrected chi connectivity index (χ3v) is 11.3. The maximum atomic E-state index is 14.4. The van der Waals surface area contributed by atoms with E-state index >= 15 is 0 Å². The summed E-state index contributed by atoms with van der Waals surface area (Å²) in [5.41, 5.74) is 0. The molecule has 206 valence electrons. The number of esters is 1. The molecule has 4 heterocycles. The molecule has 0 aliphatic carbocycles. The zero-order valence-electron chi connectivity index (χ0n) is 21.4. The monoisotopic (exact) mass is 599 g/mol. The largest absolute Gasteiger partial charge is 0.461 e. The Labute approximate surface area is 231 Å². The number of fused-ring (bicyclic) bond motifs is 1. The van der Waals surface area contributed by atoms with Crippen LogP contribution in [-0.2, 0) is 23.9 Å². The van der Waals surface area contributed by atoms with Gasteiger partial charge in [-0.3, -0.25) is 19.3 Å². The van der Waals surface area contributed by atoms with Crippen LogP contribution in [-0.4, -0.2) is 124 Å². The third kappa shape index (κ3) is 5.14. The van der Waals surface area contributed by atoms with Gasteiger partial charge in [0.25, 0.3) is 0 Å². The predicted octanol–water partition coefficient (Wildman–Crippen LogP) is 1.30. The Morgan fingerprint density at radius 2 is 2.08 bits per heavy atom. The number of amides is 2. The lowest BCUT2D eigenvalue weighted by molar-refractivity contribution is -0.153. The average Bonchev–Trinajstić information content (AvgIpc) is 3.50. The highest BCUT2D eigenvalue weighted by Gasteiger charge is 2.76. The summed E-state index contributed by atoms with van der Waals surface area (Å²) in [7, 11) is 0. The number of thioether (sulfide) groups is 1. The van der Waals surface area contributed by atoms with Gasteiger partial charge in [-0.15, -0.1) is 18.3 Å². The zero-order chi connectivity index (χ0) is 26.7. The van der Waals surface area contributed by atoms with E-state index in [1.807, 2.05) is 6.92 Å². The van der Waals surface area contributed by atoms with Crippen molar-refractivity contribution in [1.82, 2.24) is 14.7 Å². The Morgan fingerprint density at radius 3 is 2.70 bits per heavy atom. The van der Waals surface area contributed by atoms with Crippen LogP contribution in [0.3, 0.4) is 0 Å². The van der Waals surface area contributed by atoms with E-state index in [9.17, 15) is 19.5 Å². The van der Waals surface area contributed by atoms with Gasteiger partial charge >= 0.3 is 5.97 Å². The van der Waals surface area contributed by atoms with Crippen molar-refractivity contribution in [2.24, 2.45) is 11.8 Å². The van der Waals surface area contributed by atoms with Crippen molar-refractivity contribution in [3.8, 4) is 0 Å². The van der Waals surface area contributed by atoms with E-state index in [4.69, 9.17) is 9.47 Å². The second-order valence-electron chi connectivity index (χ2n) is 10.1. The van der Waals surface area contributed by atoms with Gasteiger partial charge in [0.15, 0.2) is 0 Å².